The minimum Gasteiger partial charge on any atom is -0.339 e. The van der Waals surface area contributed by atoms with E-state index in [1.54, 1.807) is 13.0 Å². The van der Waals surface area contributed by atoms with E-state index in [4.69, 9.17) is 0 Å². The zero-order valence-electron chi connectivity index (χ0n) is 15.7. The summed E-state index contributed by atoms with van der Waals surface area (Å²) in [7, 11) is 0. The van der Waals surface area contributed by atoms with Gasteiger partial charge < -0.3 is 5.32 Å². The van der Waals surface area contributed by atoms with Crippen LogP contribution in [0.25, 0.3) is 16.9 Å². The largest absolute Gasteiger partial charge is 0.408 e. The second-order valence-corrected chi connectivity index (χ2v) is 7.20. The summed E-state index contributed by atoms with van der Waals surface area (Å²) in [5.74, 6) is -2.21. The number of aryl methyl sites for hydroxylation is 1. The van der Waals surface area contributed by atoms with Crippen LogP contribution in [-0.4, -0.2) is 32.5 Å². The van der Waals surface area contributed by atoms with Crippen molar-refractivity contribution in [1.29, 1.82) is 5.26 Å². The molecule has 2 aromatic heterocycles. The second kappa shape index (κ2) is 7.09. The first kappa shape index (κ1) is 19.8. The highest BCUT2D eigenvalue weighted by Gasteiger charge is 2.50. The molecule has 0 spiro atoms. The maximum absolute atomic E-state index is 13.7. The third-order valence-corrected chi connectivity index (χ3v) is 5.02. The maximum atomic E-state index is 13.7. The van der Waals surface area contributed by atoms with Crippen molar-refractivity contribution in [3.05, 3.63) is 53.4 Å². The summed E-state index contributed by atoms with van der Waals surface area (Å²) in [5.41, 5.74) is 0.896. The molecular weight excluding hydrogens is 402 g/mol. The number of amides is 1. The van der Waals surface area contributed by atoms with Gasteiger partial charge in [0.15, 0.2) is 11.3 Å². The topological polar surface area (TPSA) is 83.1 Å². The van der Waals surface area contributed by atoms with Gasteiger partial charge in [-0.2, -0.15) is 18.4 Å². The molecule has 6 nitrogen and oxygen atoms in total. The second-order valence-electron chi connectivity index (χ2n) is 7.20. The van der Waals surface area contributed by atoms with Gasteiger partial charge in [0.25, 0.3) is 5.91 Å². The van der Waals surface area contributed by atoms with Crippen molar-refractivity contribution in [3.63, 3.8) is 0 Å². The summed E-state index contributed by atoms with van der Waals surface area (Å²) in [4.78, 5) is 20.9. The highest BCUT2D eigenvalue weighted by atomic mass is 19.4. The van der Waals surface area contributed by atoms with E-state index in [0.29, 0.717) is 18.5 Å². The van der Waals surface area contributed by atoms with Crippen LogP contribution >= 0.6 is 0 Å². The number of alkyl halides is 3. The Morgan fingerprint density at radius 1 is 1.33 bits per heavy atom. The number of hydrogen-bond donors (Lipinski definition) is 1. The van der Waals surface area contributed by atoms with Crippen LogP contribution in [0.15, 0.2) is 30.6 Å². The van der Waals surface area contributed by atoms with Gasteiger partial charge in [0.2, 0.25) is 0 Å². The van der Waals surface area contributed by atoms with Crippen LogP contribution in [0.5, 0.6) is 0 Å². The van der Waals surface area contributed by atoms with E-state index in [9.17, 15) is 27.6 Å². The van der Waals surface area contributed by atoms with Gasteiger partial charge in [-0.3, -0.25) is 9.20 Å². The highest BCUT2D eigenvalue weighted by molar-refractivity contribution is 5.98. The molecular formula is C20H15F4N5O. The number of hydrogen-bond acceptors (Lipinski definition) is 4. The van der Waals surface area contributed by atoms with E-state index in [-0.39, 0.29) is 28.2 Å². The van der Waals surface area contributed by atoms with Crippen molar-refractivity contribution in [3.8, 4) is 17.3 Å². The van der Waals surface area contributed by atoms with Gasteiger partial charge in [-0.15, -0.1) is 0 Å². The van der Waals surface area contributed by atoms with Gasteiger partial charge in [-0.05, 0) is 49.9 Å². The molecule has 1 amide bonds. The van der Waals surface area contributed by atoms with E-state index >= 15 is 0 Å². The fourth-order valence-electron chi connectivity index (χ4n) is 3.35. The Morgan fingerprint density at radius 2 is 2.07 bits per heavy atom. The van der Waals surface area contributed by atoms with Gasteiger partial charge in [-0.1, -0.05) is 0 Å². The minimum absolute atomic E-state index is 0.0207. The van der Waals surface area contributed by atoms with Gasteiger partial charge >= 0.3 is 6.18 Å². The number of nitriles is 1. The van der Waals surface area contributed by atoms with Crippen LogP contribution in [0.4, 0.5) is 17.6 Å². The Hall–Kier alpha value is -3.48. The summed E-state index contributed by atoms with van der Waals surface area (Å²) in [5, 5.41) is 11.3. The molecule has 1 aliphatic carbocycles. The molecule has 1 saturated carbocycles. The molecule has 30 heavy (non-hydrogen) atoms. The molecule has 0 saturated heterocycles. The van der Waals surface area contributed by atoms with Crippen molar-refractivity contribution in [2.24, 2.45) is 5.92 Å². The lowest BCUT2D eigenvalue weighted by atomic mass is 10.0. The predicted molar refractivity (Wildman–Crippen MR) is 97.9 cm³/mol. The number of nitrogens with zero attached hydrogens (tertiary/aromatic N) is 4. The average molecular weight is 417 g/mol. The monoisotopic (exact) mass is 417 g/mol. The lowest BCUT2D eigenvalue weighted by molar-refractivity contribution is -0.158. The predicted octanol–water partition coefficient (Wildman–Crippen LogP) is 3.79. The molecule has 1 aliphatic rings. The number of benzene rings is 1. The quantitative estimate of drug-likeness (QED) is 0.655. The molecule has 0 radical (unpaired) electrons. The summed E-state index contributed by atoms with van der Waals surface area (Å²) in [6.07, 6.45) is -2.49. The number of nitrogens with one attached hydrogen (secondary N) is 1. The minimum atomic E-state index is -4.57. The molecule has 154 valence electrons. The van der Waals surface area contributed by atoms with Crippen molar-refractivity contribution in [2.75, 3.05) is 0 Å². The number of rotatable bonds is 4. The molecule has 2 heterocycles. The van der Waals surface area contributed by atoms with E-state index in [2.05, 4.69) is 9.97 Å². The molecule has 1 fully saturated rings. The van der Waals surface area contributed by atoms with Crippen LogP contribution in [0, 0.1) is 30.0 Å². The first-order chi connectivity index (χ1) is 14.2. The number of halogens is 4. The van der Waals surface area contributed by atoms with E-state index in [1.165, 1.54) is 16.8 Å². The lowest BCUT2D eigenvalue weighted by Crippen LogP contribution is -2.47. The SMILES string of the molecule is Cc1cc(-c2cc(F)ccc2C#N)nc2c(C(=O)NC(C3CC3)C(F)(F)F)ncn12. The van der Waals surface area contributed by atoms with Gasteiger partial charge in [0, 0.05) is 11.3 Å². The molecule has 1 unspecified atom stereocenters. The summed E-state index contributed by atoms with van der Waals surface area (Å²) >= 11 is 0. The Bertz CT molecular complexity index is 1190. The van der Waals surface area contributed by atoms with Gasteiger partial charge in [-0.25, -0.2) is 14.4 Å². The molecule has 0 bridgehead atoms. The number of carbonyl (C=O) groups excluding carboxylic acids is 1. The molecule has 1 atom stereocenters. The Morgan fingerprint density at radius 3 is 2.70 bits per heavy atom. The Labute approximate surface area is 168 Å². The Kier molecular flexibility index (Phi) is 4.68. The van der Waals surface area contributed by atoms with E-state index < -0.39 is 29.9 Å². The molecule has 0 aliphatic heterocycles. The van der Waals surface area contributed by atoms with Crippen molar-refractivity contribution < 1.29 is 22.4 Å². The number of imidazole rings is 1. The first-order valence-electron chi connectivity index (χ1n) is 9.11. The lowest BCUT2D eigenvalue weighted by Gasteiger charge is -2.20. The molecule has 10 heteroatoms. The zero-order valence-corrected chi connectivity index (χ0v) is 15.7. The van der Waals surface area contributed by atoms with Gasteiger partial charge in [0.05, 0.1) is 17.3 Å². The summed E-state index contributed by atoms with van der Waals surface area (Å²) < 4.78 is 55.0. The standard InChI is InChI=1S/C20H15F4N5O/c1-10-6-15(14-7-13(21)5-4-12(14)8-25)27-18-16(26-9-29(10)18)19(30)28-17(11-2-3-11)20(22,23)24/h4-7,9,11,17H,2-3H2,1H3,(H,28,30). The van der Waals surface area contributed by atoms with Crippen molar-refractivity contribution in [1.82, 2.24) is 19.7 Å². The smallest absolute Gasteiger partial charge is 0.339 e. The average Bonchev–Trinajstić information content (AvgIpc) is 3.42. The third-order valence-electron chi connectivity index (χ3n) is 5.02. The highest BCUT2D eigenvalue weighted by Crippen LogP contribution is 2.40. The maximum Gasteiger partial charge on any atom is 0.408 e. The van der Waals surface area contributed by atoms with Crippen LogP contribution in [0.3, 0.4) is 0 Å². The number of fused-ring (bicyclic) bond motifs is 1. The summed E-state index contributed by atoms with van der Waals surface area (Å²) in [6, 6.07) is 5.16. The van der Waals surface area contributed by atoms with Crippen LogP contribution in [0.2, 0.25) is 0 Å². The van der Waals surface area contributed by atoms with E-state index in [1.807, 2.05) is 11.4 Å². The number of aromatic nitrogens is 3. The van der Waals surface area contributed by atoms with E-state index in [0.717, 1.165) is 12.1 Å². The zero-order chi connectivity index (χ0) is 21.6. The Balaban J connectivity index is 1.77. The fraction of sp³-hybridized carbons (Fsp3) is 0.300. The number of carbonyl (C=O) groups is 1. The molecule has 1 aromatic carbocycles. The molecule has 3 aromatic rings. The van der Waals surface area contributed by atoms with Crippen LogP contribution < -0.4 is 5.32 Å². The first-order valence-corrected chi connectivity index (χ1v) is 9.11. The normalized spacial score (nSPS) is 15.1. The third kappa shape index (κ3) is 3.58. The van der Waals surface area contributed by atoms with Crippen molar-refractivity contribution >= 4 is 11.6 Å². The molecule has 1 N–H and O–H groups in total. The summed E-state index contributed by atoms with van der Waals surface area (Å²) in [6.45, 7) is 1.68. The van der Waals surface area contributed by atoms with Crippen molar-refractivity contribution in [2.45, 2.75) is 32.0 Å². The van der Waals surface area contributed by atoms with Gasteiger partial charge in [0.1, 0.15) is 18.2 Å². The fourth-order valence-corrected chi connectivity index (χ4v) is 3.35. The van der Waals surface area contributed by atoms with Crippen LogP contribution in [-0.2, 0) is 0 Å². The molecule has 4 rings (SSSR count). The van der Waals surface area contributed by atoms with Crippen LogP contribution in [0.1, 0.15) is 34.6 Å².